The van der Waals surface area contributed by atoms with Crippen LogP contribution in [0.2, 0.25) is 0 Å². The van der Waals surface area contributed by atoms with Gasteiger partial charge in [0.25, 0.3) is 5.91 Å². The topological polar surface area (TPSA) is 93.4 Å². The number of primary sulfonamides is 1. The number of carbonyl (C=O) groups excluding carboxylic acids is 1. The maximum atomic E-state index is 12.3. The number of carbonyl (C=O) groups is 1. The van der Waals surface area contributed by atoms with Gasteiger partial charge in [-0.25, -0.2) is 13.6 Å². The molecule has 1 aliphatic rings. The molecule has 1 amide bonds. The van der Waals surface area contributed by atoms with Gasteiger partial charge in [-0.05, 0) is 34.8 Å². The second-order valence-corrected chi connectivity index (χ2v) is 7.26. The zero-order valence-electron chi connectivity index (χ0n) is 10.1. The number of nitrogens with zero attached hydrogens (tertiary/aromatic N) is 2. The summed E-state index contributed by atoms with van der Waals surface area (Å²) in [5.41, 5.74) is 0.435. The van der Waals surface area contributed by atoms with Crippen LogP contribution in [0.15, 0.2) is 22.9 Å². The van der Waals surface area contributed by atoms with Gasteiger partial charge in [0.2, 0.25) is 10.0 Å². The number of nitrogens with two attached hydrogens (primary N) is 1. The minimum Gasteiger partial charge on any atom is -0.337 e. The minimum atomic E-state index is -3.60. The molecule has 1 saturated heterocycles. The summed E-state index contributed by atoms with van der Waals surface area (Å²) in [6.45, 7) is 0.682. The summed E-state index contributed by atoms with van der Waals surface area (Å²) in [7, 11) is -3.60. The molecule has 0 unspecified atom stereocenters. The molecule has 1 aromatic heterocycles. The SMILES string of the molecule is NS(=O)(=O)[C@@H]1CCCN(C(=O)c2cncc(Br)c2)C1. The third-order valence-electron chi connectivity index (χ3n) is 3.08. The molecule has 104 valence electrons. The number of amides is 1. The van der Waals surface area contributed by atoms with Crippen LogP contribution >= 0.6 is 15.9 Å². The summed E-state index contributed by atoms with van der Waals surface area (Å²) < 4.78 is 23.4. The number of sulfonamides is 1. The zero-order chi connectivity index (χ0) is 14.0. The number of pyridine rings is 1. The van der Waals surface area contributed by atoms with E-state index in [0.717, 1.165) is 0 Å². The number of hydrogen-bond donors (Lipinski definition) is 1. The van der Waals surface area contributed by atoms with Gasteiger partial charge in [0, 0.05) is 30.0 Å². The molecule has 1 aliphatic heterocycles. The van der Waals surface area contributed by atoms with E-state index in [-0.39, 0.29) is 12.5 Å². The summed E-state index contributed by atoms with van der Waals surface area (Å²) in [5, 5.41) is 4.47. The van der Waals surface area contributed by atoms with Crippen LogP contribution in [0.1, 0.15) is 23.2 Å². The summed E-state index contributed by atoms with van der Waals surface area (Å²) in [4.78, 5) is 17.7. The number of piperidine rings is 1. The molecule has 2 heterocycles. The highest BCUT2D eigenvalue weighted by atomic mass is 79.9. The van der Waals surface area contributed by atoms with Gasteiger partial charge in [0.15, 0.2) is 0 Å². The minimum absolute atomic E-state index is 0.143. The van der Waals surface area contributed by atoms with Crippen molar-refractivity contribution < 1.29 is 13.2 Å². The van der Waals surface area contributed by atoms with Crippen molar-refractivity contribution in [2.45, 2.75) is 18.1 Å². The van der Waals surface area contributed by atoms with Gasteiger partial charge in [-0.15, -0.1) is 0 Å². The number of rotatable bonds is 2. The Hall–Kier alpha value is -0.990. The van der Waals surface area contributed by atoms with E-state index in [0.29, 0.717) is 29.4 Å². The third-order valence-corrected chi connectivity index (χ3v) is 4.83. The summed E-state index contributed by atoms with van der Waals surface area (Å²) in [6, 6.07) is 1.66. The van der Waals surface area contributed by atoms with E-state index in [2.05, 4.69) is 20.9 Å². The van der Waals surface area contributed by atoms with Crippen molar-refractivity contribution in [3.8, 4) is 0 Å². The Kier molecular flexibility index (Phi) is 4.22. The van der Waals surface area contributed by atoms with Crippen molar-refractivity contribution in [1.82, 2.24) is 9.88 Å². The molecule has 19 heavy (non-hydrogen) atoms. The maximum absolute atomic E-state index is 12.3. The fourth-order valence-corrected chi connectivity index (χ4v) is 3.35. The van der Waals surface area contributed by atoms with E-state index in [1.54, 1.807) is 12.3 Å². The molecular formula is C11H14BrN3O3S. The lowest BCUT2D eigenvalue weighted by Gasteiger charge is -2.31. The van der Waals surface area contributed by atoms with Crippen molar-refractivity contribution in [3.63, 3.8) is 0 Å². The van der Waals surface area contributed by atoms with E-state index in [4.69, 9.17) is 5.14 Å². The van der Waals surface area contributed by atoms with Gasteiger partial charge in [-0.3, -0.25) is 9.78 Å². The van der Waals surface area contributed by atoms with Crippen LogP contribution in [0.25, 0.3) is 0 Å². The first-order chi connectivity index (χ1) is 8.88. The van der Waals surface area contributed by atoms with E-state index < -0.39 is 15.3 Å². The standard InChI is InChI=1S/C11H14BrN3O3S/c12-9-4-8(5-14-6-9)11(16)15-3-1-2-10(7-15)19(13,17)18/h4-6,10H,1-3,7H2,(H2,13,17,18)/t10-/m1/s1. The van der Waals surface area contributed by atoms with Gasteiger partial charge < -0.3 is 4.90 Å². The lowest BCUT2D eigenvalue weighted by Crippen LogP contribution is -2.47. The van der Waals surface area contributed by atoms with Crippen LogP contribution in [-0.2, 0) is 10.0 Å². The summed E-state index contributed by atoms with van der Waals surface area (Å²) in [5.74, 6) is -0.220. The Bertz CT molecular complexity index is 591. The number of hydrogen-bond acceptors (Lipinski definition) is 4. The average molecular weight is 348 g/mol. The predicted molar refractivity (Wildman–Crippen MR) is 74.0 cm³/mol. The Labute approximate surface area is 120 Å². The normalized spacial score (nSPS) is 20.3. The summed E-state index contributed by atoms with van der Waals surface area (Å²) in [6.07, 6.45) is 4.18. The first kappa shape index (κ1) is 14.4. The van der Waals surface area contributed by atoms with Crippen LogP contribution in [0.5, 0.6) is 0 Å². The molecule has 0 saturated carbocycles. The molecule has 0 radical (unpaired) electrons. The van der Waals surface area contributed by atoms with Crippen LogP contribution in [0.3, 0.4) is 0 Å². The van der Waals surface area contributed by atoms with E-state index in [1.165, 1.54) is 11.1 Å². The lowest BCUT2D eigenvalue weighted by molar-refractivity contribution is 0.0726. The highest BCUT2D eigenvalue weighted by molar-refractivity contribution is 9.10. The highest BCUT2D eigenvalue weighted by Gasteiger charge is 2.30. The predicted octanol–water partition coefficient (Wildman–Crippen LogP) is 0.737. The third kappa shape index (κ3) is 3.52. The molecule has 0 aliphatic carbocycles. The monoisotopic (exact) mass is 347 g/mol. The largest absolute Gasteiger partial charge is 0.337 e. The molecule has 1 aromatic rings. The fraction of sp³-hybridized carbons (Fsp3) is 0.455. The first-order valence-corrected chi connectivity index (χ1v) is 8.19. The lowest BCUT2D eigenvalue weighted by atomic mass is 10.1. The summed E-state index contributed by atoms with van der Waals surface area (Å²) >= 11 is 3.25. The molecule has 2 N–H and O–H groups in total. The van der Waals surface area contributed by atoms with Crippen LogP contribution < -0.4 is 5.14 Å². The number of aromatic nitrogens is 1. The average Bonchev–Trinajstić information content (AvgIpc) is 2.37. The number of halogens is 1. The highest BCUT2D eigenvalue weighted by Crippen LogP contribution is 2.18. The Morgan fingerprint density at radius 2 is 2.21 bits per heavy atom. The smallest absolute Gasteiger partial charge is 0.255 e. The van der Waals surface area contributed by atoms with Crippen LogP contribution in [-0.4, -0.2) is 42.5 Å². The second-order valence-electron chi connectivity index (χ2n) is 4.50. The Balaban J connectivity index is 2.16. The van der Waals surface area contributed by atoms with Crippen molar-refractivity contribution in [1.29, 1.82) is 0 Å². The van der Waals surface area contributed by atoms with Gasteiger partial charge in [-0.2, -0.15) is 0 Å². The van der Waals surface area contributed by atoms with E-state index in [9.17, 15) is 13.2 Å². The van der Waals surface area contributed by atoms with Crippen molar-refractivity contribution >= 4 is 31.9 Å². The van der Waals surface area contributed by atoms with Gasteiger partial charge in [0.05, 0.1) is 10.8 Å². The molecule has 0 spiro atoms. The molecular weight excluding hydrogens is 334 g/mol. The fourth-order valence-electron chi connectivity index (χ4n) is 2.10. The number of likely N-dealkylation sites (tertiary alicyclic amines) is 1. The van der Waals surface area contributed by atoms with Crippen molar-refractivity contribution in [3.05, 3.63) is 28.5 Å². The molecule has 8 heteroatoms. The van der Waals surface area contributed by atoms with Crippen LogP contribution in [0, 0.1) is 0 Å². The van der Waals surface area contributed by atoms with Gasteiger partial charge in [-0.1, -0.05) is 0 Å². The zero-order valence-corrected chi connectivity index (χ0v) is 12.5. The Morgan fingerprint density at radius 3 is 2.84 bits per heavy atom. The molecule has 0 aromatic carbocycles. The second kappa shape index (κ2) is 5.56. The van der Waals surface area contributed by atoms with E-state index in [1.807, 2.05) is 0 Å². The molecule has 1 atom stereocenters. The van der Waals surface area contributed by atoms with E-state index >= 15 is 0 Å². The van der Waals surface area contributed by atoms with Gasteiger partial charge in [0.1, 0.15) is 0 Å². The van der Waals surface area contributed by atoms with Crippen molar-refractivity contribution in [2.24, 2.45) is 5.14 Å². The van der Waals surface area contributed by atoms with Crippen molar-refractivity contribution in [2.75, 3.05) is 13.1 Å². The quantitative estimate of drug-likeness (QED) is 0.853. The molecule has 0 bridgehead atoms. The molecule has 1 fully saturated rings. The Morgan fingerprint density at radius 1 is 1.47 bits per heavy atom. The first-order valence-electron chi connectivity index (χ1n) is 5.79. The van der Waals surface area contributed by atoms with Gasteiger partial charge >= 0.3 is 0 Å². The maximum Gasteiger partial charge on any atom is 0.255 e. The van der Waals surface area contributed by atoms with Crippen LogP contribution in [0.4, 0.5) is 0 Å². The molecule has 6 nitrogen and oxygen atoms in total. The molecule has 2 rings (SSSR count).